The average molecular weight is 709 g/mol. The van der Waals surface area contributed by atoms with Gasteiger partial charge in [-0.2, -0.15) is 0 Å². The molecule has 7 rings (SSSR count). The number of anilines is 1. The van der Waals surface area contributed by atoms with E-state index in [4.69, 9.17) is 30.8 Å². The summed E-state index contributed by atoms with van der Waals surface area (Å²) in [5, 5.41) is 14.5. The molecule has 0 aliphatic heterocycles. The number of fused-ring (bicyclic) bond motifs is 3. The lowest BCUT2D eigenvalue weighted by Gasteiger charge is -2.47. The van der Waals surface area contributed by atoms with Crippen LogP contribution < -0.4 is 14.8 Å². The van der Waals surface area contributed by atoms with Crippen LogP contribution in [0.5, 0.6) is 11.5 Å². The van der Waals surface area contributed by atoms with E-state index in [1.807, 2.05) is 54.7 Å². The topological polar surface area (TPSA) is 89.9 Å². The fourth-order valence-electron chi connectivity index (χ4n) is 9.08. The number of carboxylic acids is 1. The van der Waals surface area contributed by atoms with E-state index in [1.165, 1.54) is 11.1 Å². The second-order valence-corrected chi connectivity index (χ2v) is 15.7. The summed E-state index contributed by atoms with van der Waals surface area (Å²) in [6.07, 6.45) is 8.37. The molecule has 3 aliphatic carbocycles. The van der Waals surface area contributed by atoms with Gasteiger partial charge in [0.25, 0.3) is 0 Å². The maximum Gasteiger partial charge on any atom is 0.329 e. The van der Waals surface area contributed by atoms with Gasteiger partial charge in [-0.05, 0) is 128 Å². The standard InChI is InChI=1S/C43H49ClN2O5/c1-28-22-36-38(15-20-45-40(36)39(23-28)51-27-30-11-13-35(49-3)14-12-30)50-26-29(2)21-32-24-31-7-4-5-10-37(31)42(32)16-18-43(19-17-42,41(47)48)46-34-9-6-8-33(44)25-34/h4-15,20,25,28-29,32,39,46H,16-19,21-24,26-27H2,1-3H3,(H,47,48)/t28-,29-,32+,39+,42?,43?/m1/s1. The Morgan fingerprint density at radius 3 is 2.55 bits per heavy atom. The van der Waals surface area contributed by atoms with E-state index >= 15 is 0 Å². The highest BCUT2D eigenvalue weighted by molar-refractivity contribution is 6.30. The number of carboxylic acid groups (broad SMARTS) is 1. The first-order chi connectivity index (χ1) is 24.7. The molecule has 3 aromatic carbocycles. The zero-order valence-corrected chi connectivity index (χ0v) is 30.6. The van der Waals surface area contributed by atoms with Gasteiger partial charge in [-0.1, -0.05) is 67.9 Å². The number of aliphatic carboxylic acids is 1. The van der Waals surface area contributed by atoms with Crippen LogP contribution in [-0.4, -0.2) is 35.3 Å². The summed E-state index contributed by atoms with van der Waals surface area (Å²) in [7, 11) is 1.67. The van der Waals surface area contributed by atoms with Crippen molar-refractivity contribution in [3.05, 3.63) is 118 Å². The lowest BCUT2D eigenvalue weighted by Crippen LogP contribution is -2.53. The first kappa shape index (κ1) is 35.3. The Labute approximate surface area is 306 Å². The van der Waals surface area contributed by atoms with Gasteiger partial charge < -0.3 is 24.6 Å². The first-order valence-corrected chi connectivity index (χ1v) is 18.8. The van der Waals surface area contributed by atoms with E-state index in [-0.39, 0.29) is 11.5 Å². The number of hydrogen-bond donors (Lipinski definition) is 2. The Balaban J connectivity index is 1.03. The molecule has 1 spiro atoms. The number of carbonyl (C=O) groups is 1. The molecule has 0 amide bonds. The number of nitrogens with zero attached hydrogens (tertiary/aromatic N) is 1. The summed E-state index contributed by atoms with van der Waals surface area (Å²) in [5.41, 5.74) is 5.73. The Morgan fingerprint density at radius 1 is 1.02 bits per heavy atom. The number of rotatable bonds is 12. The van der Waals surface area contributed by atoms with Gasteiger partial charge in [0, 0.05) is 22.5 Å². The van der Waals surface area contributed by atoms with Gasteiger partial charge in [0.15, 0.2) is 0 Å². The van der Waals surface area contributed by atoms with Gasteiger partial charge in [0.05, 0.1) is 26.0 Å². The molecule has 4 aromatic rings. The van der Waals surface area contributed by atoms with Crippen LogP contribution >= 0.6 is 11.6 Å². The molecule has 268 valence electrons. The summed E-state index contributed by atoms with van der Waals surface area (Å²) in [6.45, 7) is 5.69. The van der Waals surface area contributed by atoms with Crippen molar-refractivity contribution in [3.8, 4) is 11.5 Å². The maximum absolute atomic E-state index is 12.8. The van der Waals surface area contributed by atoms with Crippen LogP contribution in [0.2, 0.25) is 5.02 Å². The predicted molar refractivity (Wildman–Crippen MR) is 201 cm³/mol. The molecule has 2 N–H and O–H groups in total. The quantitative estimate of drug-likeness (QED) is 0.152. The third-order valence-corrected chi connectivity index (χ3v) is 12.0. The Morgan fingerprint density at radius 2 is 1.80 bits per heavy atom. The zero-order chi connectivity index (χ0) is 35.6. The predicted octanol–water partition coefficient (Wildman–Crippen LogP) is 9.61. The van der Waals surface area contributed by atoms with E-state index in [1.54, 1.807) is 13.2 Å². The van der Waals surface area contributed by atoms with Crippen LogP contribution in [0.15, 0.2) is 85.1 Å². The lowest BCUT2D eigenvalue weighted by molar-refractivity contribution is -0.144. The molecule has 51 heavy (non-hydrogen) atoms. The van der Waals surface area contributed by atoms with Gasteiger partial charge in [0.1, 0.15) is 23.1 Å². The largest absolute Gasteiger partial charge is 0.497 e. The van der Waals surface area contributed by atoms with Crippen molar-refractivity contribution in [2.24, 2.45) is 17.8 Å². The molecule has 0 radical (unpaired) electrons. The maximum atomic E-state index is 12.8. The van der Waals surface area contributed by atoms with Crippen molar-refractivity contribution < 1.29 is 24.1 Å². The molecule has 1 heterocycles. The smallest absolute Gasteiger partial charge is 0.329 e. The second kappa shape index (κ2) is 14.9. The van der Waals surface area contributed by atoms with Crippen molar-refractivity contribution in [2.45, 2.75) is 88.9 Å². The minimum atomic E-state index is -1.03. The normalized spacial score (nSPS) is 25.8. The Bertz CT molecular complexity index is 1840. The molecule has 0 saturated heterocycles. The van der Waals surface area contributed by atoms with Crippen LogP contribution in [0.25, 0.3) is 0 Å². The molecule has 1 aromatic heterocycles. The molecular formula is C43H49ClN2O5. The number of methoxy groups -OCH3 is 1. The summed E-state index contributed by atoms with van der Waals surface area (Å²) in [4.78, 5) is 17.6. The SMILES string of the molecule is COc1ccc(CO[C@H]2C[C@H](C)Cc3c(OC[C@H](C)C[C@H]4Cc5ccccc5C45CCC(Nc4cccc(Cl)c4)(C(=O)O)CC5)ccnc32)cc1. The van der Waals surface area contributed by atoms with Crippen molar-refractivity contribution in [1.29, 1.82) is 0 Å². The molecule has 3 aliphatic rings. The molecule has 4 atom stereocenters. The third kappa shape index (κ3) is 7.33. The number of ether oxygens (including phenoxy) is 3. The minimum Gasteiger partial charge on any atom is -0.497 e. The molecule has 7 nitrogen and oxygen atoms in total. The van der Waals surface area contributed by atoms with Crippen LogP contribution in [0.4, 0.5) is 5.69 Å². The zero-order valence-electron chi connectivity index (χ0n) is 29.9. The second-order valence-electron chi connectivity index (χ2n) is 15.3. The summed E-state index contributed by atoms with van der Waals surface area (Å²) < 4.78 is 18.4. The number of benzene rings is 3. The average Bonchev–Trinajstić information content (AvgIpc) is 3.42. The Kier molecular flexibility index (Phi) is 10.3. The van der Waals surface area contributed by atoms with Gasteiger partial charge in [-0.3, -0.25) is 4.98 Å². The number of hydrogen-bond acceptors (Lipinski definition) is 6. The number of pyridine rings is 1. The number of nitrogens with one attached hydrogen (secondary N) is 1. The monoisotopic (exact) mass is 708 g/mol. The molecular weight excluding hydrogens is 660 g/mol. The van der Waals surface area contributed by atoms with Crippen LogP contribution in [0, 0.1) is 17.8 Å². The van der Waals surface area contributed by atoms with Crippen LogP contribution in [0.1, 0.15) is 86.4 Å². The lowest BCUT2D eigenvalue weighted by atomic mass is 9.59. The van der Waals surface area contributed by atoms with E-state index in [9.17, 15) is 9.90 Å². The van der Waals surface area contributed by atoms with E-state index in [0.29, 0.717) is 48.8 Å². The molecule has 0 unspecified atom stereocenters. The van der Waals surface area contributed by atoms with E-state index < -0.39 is 11.5 Å². The highest BCUT2D eigenvalue weighted by atomic mass is 35.5. The highest BCUT2D eigenvalue weighted by Crippen LogP contribution is 2.56. The molecule has 8 heteroatoms. The van der Waals surface area contributed by atoms with Gasteiger partial charge >= 0.3 is 5.97 Å². The number of halogens is 1. The van der Waals surface area contributed by atoms with Gasteiger partial charge in [0.2, 0.25) is 0 Å². The van der Waals surface area contributed by atoms with E-state index in [0.717, 1.165) is 72.5 Å². The highest BCUT2D eigenvalue weighted by Gasteiger charge is 2.54. The van der Waals surface area contributed by atoms with Gasteiger partial charge in [-0.15, -0.1) is 0 Å². The van der Waals surface area contributed by atoms with E-state index in [2.05, 4.69) is 43.4 Å². The summed E-state index contributed by atoms with van der Waals surface area (Å²) >= 11 is 6.25. The number of aromatic nitrogens is 1. The van der Waals surface area contributed by atoms with Crippen LogP contribution in [0.3, 0.4) is 0 Å². The third-order valence-electron chi connectivity index (χ3n) is 11.8. The van der Waals surface area contributed by atoms with Crippen molar-refractivity contribution >= 4 is 23.3 Å². The summed E-state index contributed by atoms with van der Waals surface area (Å²) in [6, 6.07) is 26.2. The minimum absolute atomic E-state index is 0.0560. The van der Waals surface area contributed by atoms with Crippen molar-refractivity contribution in [3.63, 3.8) is 0 Å². The summed E-state index contributed by atoms with van der Waals surface area (Å²) in [5.74, 6) is 2.12. The Hall–Kier alpha value is -4.07. The molecule has 0 bridgehead atoms. The fourth-order valence-corrected chi connectivity index (χ4v) is 9.27. The first-order valence-electron chi connectivity index (χ1n) is 18.4. The van der Waals surface area contributed by atoms with Crippen molar-refractivity contribution in [1.82, 2.24) is 4.98 Å². The van der Waals surface area contributed by atoms with Crippen LogP contribution in [-0.2, 0) is 34.4 Å². The molecule has 1 saturated carbocycles. The molecule has 1 fully saturated rings. The van der Waals surface area contributed by atoms with Gasteiger partial charge in [-0.25, -0.2) is 4.79 Å². The fraction of sp³-hybridized carbons (Fsp3) is 0.442. The van der Waals surface area contributed by atoms with Crippen molar-refractivity contribution in [2.75, 3.05) is 19.0 Å².